The molecule has 4 heteroatoms. The molecule has 14 heavy (non-hydrogen) atoms. The Hall–Kier alpha value is -2.10. The number of hydrogen-bond acceptors (Lipinski definition) is 4. The summed E-state index contributed by atoms with van der Waals surface area (Å²) >= 11 is 0. The van der Waals surface area contributed by atoms with E-state index in [4.69, 9.17) is 8.83 Å². The number of carbonyl (C=O) groups excluding carboxylic acids is 2. The second-order valence-corrected chi connectivity index (χ2v) is 2.63. The van der Waals surface area contributed by atoms with E-state index in [9.17, 15) is 9.59 Å². The maximum Gasteiger partial charge on any atom is 0.263 e. The Morgan fingerprint density at radius 1 is 1.21 bits per heavy atom. The van der Waals surface area contributed by atoms with Crippen LogP contribution in [0.4, 0.5) is 0 Å². The first-order chi connectivity index (χ1) is 6.81. The molecule has 0 saturated heterocycles. The SMILES string of the molecule is O=Cc1ccc(C(=O)c2ccco2)o1. The molecule has 2 heterocycles. The first-order valence-corrected chi connectivity index (χ1v) is 3.94. The number of rotatable bonds is 3. The molecule has 0 aliphatic rings. The topological polar surface area (TPSA) is 60.4 Å². The van der Waals surface area contributed by atoms with Crippen LogP contribution >= 0.6 is 0 Å². The number of furan rings is 2. The highest BCUT2D eigenvalue weighted by Crippen LogP contribution is 2.12. The van der Waals surface area contributed by atoms with E-state index < -0.39 is 0 Å². The Kier molecular flexibility index (Phi) is 2.02. The smallest absolute Gasteiger partial charge is 0.263 e. The molecule has 2 aromatic rings. The lowest BCUT2D eigenvalue weighted by molar-refractivity contribution is 0.0979. The molecule has 0 aliphatic heterocycles. The zero-order valence-corrected chi connectivity index (χ0v) is 7.10. The fraction of sp³-hybridized carbons (Fsp3) is 0. The molecule has 4 nitrogen and oxygen atoms in total. The Bertz CT molecular complexity index is 450. The van der Waals surface area contributed by atoms with E-state index in [-0.39, 0.29) is 23.1 Å². The lowest BCUT2D eigenvalue weighted by Crippen LogP contribution is -1.96. The van der Waals surface area contributed by atoms with Crippen molar-refractivity contribution in [3.05, 3.63) is 47.8 Å². The predicted molar refractivity (Wildman–Crippen MR) is 46.2 cm³/mol. The normalized spacial score (nSPS) is 10.0. The Morgan fingerprint density at radius 3 is 2.64 bits per heavy atom. The number of carbonyl (C=O) groups is 2. The molecule has 2 aromatic heterocycles. The predicted octanol–water partition coefficient (Wildman–Crippen LogP) is 1.92. The van der Waals surface area contributed by atoms with Crippen molar-refractivity contribution in [3.8, 4) is 0 Å². The van der Waals surface area contributed by atoms with Gasteiger partial charge in [0.2, 0.25) is 0 Å². The van der Waals surface area contributed by atoms with Gasteiger partial charge < -0.3 is 8.83 Å². The monoisotopic (exact) mass is 190 g/mol. The van der Waals surface area contributed by atoms with Crippen LogP contribution in [0.2, 0.25) is 0 Å². The van der Waals surface area contributed by atoms with Crippen molar-refractivity contribution < 1.29 is 18.4 Å². The second-order valence-electron chi connectivity index (χ2n) is 2.63. The van der Waals surface area contributed by atoms with Gasteiger partial charge in [-0.1, -0.05) is 0 Å². The summed E-state index contributed by atoms with van der Waals surface area (Å²) in [6.45, 7) is 0. The van der Waals surface area contributed by atoms with E-state index in [0.29, 0.717) is 6.29 Å². The Morgan fingerprint density at radius 2 is 2.07 bits per heavy atom. The van der Waals surface area contributed by atoms with Crippen molar-refractivity contribution in [2.45, 2.75) is 0 Å². The molecule has 0 unspecified atom stereocenters. The van der Waals surface area contributed by atoms with Crippen molar-refractivity contribution in [2.24, 2.45) is 0 Å². The molecule has 70 valence electrons. The number of aldehydes is 1. The molecule has 0 aromatic carbocycles. The fourth-order valence-corrected chi connectivity index (χ4v) is 1.07. The van der Waals surface area contributed by atoms with Crippen LogP contribution in [0.5, 0.6) is 0 Å². The molecule has 0 fully saturated rings. The minimum atomic E-state index is -0.372. The van der Waals surface area contributed by atoms with Crippen LogP contribution in [0.25, 0.3) is 0 Å². The minimum absolute atomic E-state index is 0.0991. The quantitative estimate of drug-likeness (QED) is 0.548. The summed E-state index contributed by atoms with van der Waals surface area (Å²) in [4.78, 5) is 21.8. The van der Waals surface area contributed by atoms with Gasteiger partial charge in [-0.3, -0.25) is 9.59 Å². The zero-order chi connectivity index (χ0) is 9.97. The molecule has 0 N–H and O–H groups in total. The van der Waals surface area contributed by atoms with Gasteiger partial charge in [0.05, 0.1) is 6.26 Å². The molecule has 0 spiro atoms. The number of hydrogen-bond donors (Lipinski definition) is 0. The average Bonchev–Trinajstić information content (AvgIpc) is 2.88. The van der Waals surface area contributed by atoms with Crippen molar-refractivity contribution in [1.29, 1.82) is 0 Å². The lowest BCUT2D eigenvalue weighted by atomic mass is 10.2. The molecular formula is C10H6O4. The van der Waals surface area contributed by atoms with Crippen molar-refractivity contribution in [1.82, 2.24) is 0 Å². The third kappa shape index (κ3) is 1.37. The number of ketones is 1. The van der Waals surface area contributed by atoms with Gasteiger partial charge in [-0.15, -0.1) is 0 Å². The van der Waals surface area contributed by atoms with Gasteiger partial charge in [0.15, 0.2) is 23.6 Å². The van der Waals surface area contributed by atoms with Gasteiger partial charge in [-0.2, -0.15) is 0 Å². The minimum Gasteiger partial charge on any atom is -0.461 e. The third-order valence-corrected chi connectivity index (χ3v) is 1.71. The maximum atomic E-state index is 11.5. The molecule has 0 radical (unpaired) electrons. The molecule has 0 bridgehead atoms. The Labute approximate surface area is 79.1 Å². The van der Waals surface area contributed by atoms with E-state index in [2.05, 4.69) is 0 Å². The second kappa shape index (κ2) is 3.33. The standard InChI is InChI=1S/C10H6O4/c11-6-7-3-4-9(14-7)10(12)8-2-1-5-13-8/h1-6H. The summed E-state index contributed by atoms with van der Waals surface area (Å²) in [6.07, 6.45) is 1.94. The largest absolute Gasteiger partial charge is 0.461 e. The molecule has 0 saturated carbocycles. The molecule has 0 aliphatic carbocycles. The van der Waals surface area contributed by atoms with Crippen LogP contribution < -0.4 is 0 Å². The van der Waals surface area contributed by atoms with Crippen LogP contribution in [0, 0.1) is 0 Å². The van der Waals surface area contributed by atoms with Gasteiger partial charge in [-0.25, -0.2) is 0 Å². The molecule has 0 amide bonds. The van der Waals surface area contributed by atoms with Crippen LogP contribution in [0.1, 0.15) is 26.9 Å². The summed E-state index contributed by atoms with van der Waals surface area (Å²) in [7, 11) is 0. The summed E-state index contributed by atoms with van der Waals surface area (Å²) in [6, 6.07) is 6.01. The molecule has 0 atom stereocenters. The first kappa shape index (κ1) is 8.50. The van der Waals surface area contributed by atoms with Crippen molar-refractivity contribution in [3.63, 3.8) is 0 Å². The maximum absolute atomic E-state index is 11.5. The zero-order valence-electron chi connectivity index (χ0n) is 7.10. The highest BCUT2D eigenvalue weighted by atomic mass is 16.4. The van der Waals surface area contributed by atoms with E-state index in [1.807, 2.05) is 0 Å². The van der Waals surface area contributed by atoms with Gasteiger partial charge in [-0.05, 0) is 24.3 Å². The van der Waals surface area contributed by atoms with E-state index in [1.54, 1.807) is 6.07 Å². The molecular weight excluding hydrogens is 184 g/mol. The summed E-state index contributed by atoms with van der Waals surface area (Å²) in [5.74, 6) is 0.0434. The van der Waals surface area contributed by atoms with E-state index >= 15 is 0 Å². The van der Waals surface area contributed by atoms with Crippen LogP contribution in [0.15, 0.2) is 39.4 Å². The summed E-state index contributed by atoms with van der Waals surface area (Å²) < 4.78 is 9.84. The van der Waals surface area contributed by atoms with Crippen molar-refractivity contribution in [2.75, 3.05) is 0 Å². The lowest BCUT2D eigenvalue weighted by Gasteiger charge is -1.90. The third-order valence-electron chi connectivity index (χ3n) is 1.71. The highest BCUT2D eigenvalue weighted by molar-refractivity contribution is 6.05. The highest BCUT2D eigenvalue weighted by Gasteiger charge is 2.15. The first-order valence-electron chi connectivity index (χ1n) is 3.94. The van der Waals surface area contributed by atoms with Gasteiger partial charge >= 0.3 is 0 Å². The van der Waals surface area contributed by atoms with E-state index in [1.165, 1.54) is 24.5 Å². The van der Waals surface area contributed by atoms with Crippen LogP contribution in [0.3, 0.4) is 0 Å². The summed E-state index contributed by atoms with van der Waals surface area (Å²) in [5.41, 5.74) is 0. The van der Waals surface area contributed by atoms with Gasteiger partial charge in [0, 0.05) is 0 Å². The van der Waals surface area contributed by atoms with Crippen molar-refractivity contribution >= 4 is 12.1 Å². The van der Waals surface area contributed by atoms with Gasteiger partial charge in [0.1, 0.15) is 0 Å². The summed E-state index contributed by atoms with van der Waals surface area (Å²) in [5, 5.41) is 0. The van der Waals surface area contributed by atoms with Crippen LogP contribution in [-0.2, 0) is 0 Å². The molecule has 2 rings (SSSR count). The Balaban J connectivity index is 2.32. The fourth-order valence-electron chi connectivity index (χ4n) is 1.07. The average molecular weight is 190 g/mol. The van der Waals surface area contributed by atoms with E-state index in [0.717, 1.165) is 0 Å². The van der Waals surface area contributed by atoms with Crippen LogP contribution in [-0.4, -0.2) is 12.1 Å². The van der Waals surface area contributed by atoms with Gasteiger partial charge in [0.25, 0.3) is 5.78 Å².